The number of rotatable bonds is 3. The highest BCUT2D eigenvalue weighted by Gasteiger charge is 2.15. The minimum absolute atomic E-state index is 0.249. The zero-order valence-electron chi connectivity index (χ0n) is 10.6. The Kier molecular flexibility index (Phi) is 3.68. The number of benzene rings is 1. The minimum Gasteiger partial charge on any atom is -0.293 e. The summed E-state index contributed by atoms with van der Waals surface area (Å²) in [6.07, 6.45) is 4.22. The summed E-state index contributed by atoms with van der Waals surface area (Å²) in [4.78, 5) is 4.56. The van der Waals surface area contributed by atoms with Crippen LogP contribution in [-0.4, -0.2) is 25.2 Å². The Bertz CT molecular complexity index is 780. The molecule has 2 heterocycles. The van der Waals surface area contributed by atoms with E-state index in [-0.39, 0.29) is 5.82 Å². The third-order valence-corrected chi connectivity index (χ3v) is 4.05. The molecular weight excluding hydrogens is 394 g/mol. The van der Waals surface area contributed by atoms with Crippen molar-refractivity contribution in [2.24, 2.45) is 7.05 Å². The van der Waals surface area contributed by atoms with Gasteiger partial charge in [-0.15, -0.1) is 11.6 Å². The van der Waals surface area contributed by atoms with Gasteiger partial charge in [0.15, 0.2) is 0 Å². The molecule has 3 aromatic rings. The van der Waals surface area contributed by atoms with Gasteiger partial charge in [0.2, 0.25) is 0 Å². The zero-order valence-corrected chi connectivity index (χ0v) is 13.6. The highest BCUT2D eigenvalue weighted by molar-refractivity contribution is 14.1. The quantitative estimate of drug-likeness (QED) is 0.496. The molecule has 0 atom stereocenters. The van der Waals surface area contributed by atoms with E-state index in [1.165, 1.54) is 6.07 Å². The second-order valence-corrected chi connectivity index (χ2v) is 5.97. The highest BCUT2D eigenvalue weighted by atomic mass is 127. The van der Waals surface area contributed by atoms with Crippen LogP contribution in [0.25, 0.3) is 16.7 Å². The van der Waals surface area contributed by atoms with Crippen LogP contribution in [0.1, 0.15) is 5.82 Å². The van der Waals surface area contributed by atoms with Crippen molar-refractivity contribution in [2.45, 2.75) is 6.42 Å². The Hall–Kier alpha value is -1.15. The van der Waals surface area contributed by atoms with E-state index in [1.54, 1.807) is 16.9 Å². The third kappa shape index (κ3) is 2.31. The van der Waals surface area contributed by atoms with Crippen molar-refractivity contribution in [3.8, 4) is 5.69 Å². The third-order valence-electron chi connectivity index (χ3n) is 3.03. The van der Waals surface area contributed by atoms with Gasteiger partial charge in [0.25, 0.3) is 0 Å². The molecule has 0 aliphatic heterocycles. The number of aromatic nitrogens is 4. The molecule has 4 nitrogen and oxygen atoms in total. The number of nitrogens with zero attached hydrogens (tertiary/aromatic N) is 4. The number of imidazole rings is 1. The van der Waals surface area contributed by atoms with Gasteiger partial charge in [0.1, 0.15) is 11.6 Å². The predicted octanol–water partition coefficient (Wildman–Crippen LogP) is 3.28. The highest BCUT2D eigenvalue weighted by Crippen LogP contribution is 2.25. The molecule has 0 radical (unpaired) electrons. The summed E-state index contributed by atoms with van der Waals surface area (Å²) in [5.74, 6) is 1.02. The summed E-state index contributed by atoms with van der Waals surface area (Å²) in [6, 6.07) is 3.25. The monoisotopic (exact) mass is 404 g/mol. The average Bonchev–Trinajstić information content (AvgIpc) is 2.94. The predicted molar refractivity (Wildman–Crippen MR) is 84.9 cm³/mol. The van der Waals surface area contributed by atoms with Crippen molar-refractivity contribution in [3.05, 3.63) is 39.7 Å². The molecule has 7 heteroatoms. The maximum Gasteiger partial charge on any atom is 0.138 e. The molecule has 0 bridgehead atoms. The fourth-order valence-corrected chi connectivity index (χ4v) is 2.81. The van der Waals surface area contributed by atoms with Crippen molar-refractivity contribution in [1.82, 2.24) is 19.3 Å². The van der Waals surface area contributed by atoms with Crippen LogP contribution in [0.2, 0.25) is 0 Å². The SMILES string of the molecule is Cn1cc(-n2c(CCCl)nc3cc(I)c(F)cc32)cn1. The second kappa shape index (κ2) is 5.33. The average molecular weight is 405 g/mol. The molecule has 0 amide bonds. The molecule has 0 saturated heterocycles. The minimum atomic E-state index is -0.249. The maximum absolute atomic E-state index is 13.8. The number of aryl methyl sites for hydroxylation is 2. The Balaban J connectivity index is 2.31. The van der Waals surface area contributed by atoms with Crippen LogP contribution in [0.3, 0.4) is 0 Å². The van der Waals surface area contributed by atoms with Crippen LogP contribution in [0.4, 0.5) is 4.39 Å². The lowest BCUT2D eigenvalue weighted by Gasteiger charge is -2.05. The summed E-state index contributed by atoms with van der Waals surface area (Å²) in [5, 5.41) is 4.16. The lowest BCUT2D eigenvalue weighted by atomic mass is 10.3. The number of hydrogen-bond donors (Lipinski definition) is 0. The standard InChI is InChI=1S/C13H11ClFIN4/c1-19-7-8(6-17-19)20-12-4-9(15)10(16)5-11(12)18-13(20)2-3-14/h4-7H,2-3H2,1H3. The van der Waals surface area contributed by atoms with Gasteiger partial charge in [-0.2, -0.15) is 5.10 Å². The van der Waals surface area contributed by atoms with Gasteiger partial charge < -0.3 is 0 Å². The van der Waals surface area contributed by atoms with Crippen LogP contribution in [-0.2, 0) is 13.5 Å². The van der Waals surface area contributed by atoms with Crippen LogP contribution < -0.4 is 0 Å². The first-order valence-electron chi connectivity index (χ1n) is 6.01. The number of hydrogen-bond acceptors (Lipinski definition) is 2. The van der Waals surface area contributed by atoms with Crippen LogP contribution >= 0.6 is 34.2 Å². The lowest BCUT2D eigenvalue weighted by molar-refractivity contribution is 0.621. The first kappa shape index (κ1) is 13.8. The molecule has 3 rings (SSSR count). The van der Waals surface area contributed by atoms with Crippen LogP contribution in [0.15, 0.2) is 24.5 Å². The molecule has 0 N–H and O–H groups in total. The van der Waals surface area contributed by atoms with Crippen molar-refractivity contribution < 1.29 is 4.39 Å². The van der Waals surface area contributed by atoms with Gasteiger partial charge in [0, 0.05) is 31.6 Å². The molecule has 0 saturated carbocycles. The van der Waals surface area contributed by atoms with Crippen LogP contribution in [0, 0.1) is 9.39 Å². The Labute approximate surface area is 133 Å². The summed E-state index contributed by atoms with van der Waals surface area (Å²) in [7, 11) is 1.84. The van der Waals surface area contributed by atoms with E-state index in [0.717, 1.165) is 22.5 Å². The van der Waals surface area contributed by atoms with Gasteiger partial charge in [0.05, 0.1) is 26.5 Å². The van der Waals surface area contributed by atoms with E-state index in [0.29, 0.717) is 15.9 Å². The molecular formula is C13H11ClFIN4. The van der Waals surface area contributed by atoms with Gasteiger partial charge in [-0.25, -0.2) is 9.37 Å². The van der Waals surface area contributed by atoms with Gasteiger partial charge in [-0.05, 0) is 28.7 Å². The van der Waals surface area contributed by atoms with Gasteiger partial charge >= 0.3 is 0 Å². The first-order chi connectivity index (χ1) is 9.60. The zero-order chi connectivity index (χ0) is 14.3. The van der Waals surface area contributed by atoms with Crippen LogP contribution in [0.5, 0.6) is 0 Å². The summed E-state index contributed by atoms with van der Waals surface area (Å²) in [5.41, 5.74) is 2.35. The molecule has 0 aliphatic rings. The molecule has 0 spiro atoms. The van der Waals surface area contributed by atoms with Crippen molar-refractivity contribution >= 4 is 45.2 Å². The Morgan fingerprint density at radius 1 is 1.40 bits per heavy atom. The van der Waals surface area contributed by atoms with E-state index in [4.69, 9.17) is 11.6 Å². The van der Waals surface area contributed by atoms with E-state index in [2.05, 4.69) is 10.1 Å². The molecule has 20 heavy (non-hydrogen) atoms. The van der Waals surface area contributed by atoms with Crippen molar-refractivity contribution in [3.63, 3.8) is 0 Å². The smallest absolute Gasteiger partial charge is 0.138 e. The van der Waals surface area contributed by atoms with Crippen molar-refractivity contribution in [1.29, 1.82) is 0 Å². The van der Waals surface area contributed by atoms with E-state index < -0.39 is 0 Å². The number of halogens is 3. The topological polar surface area (TPSA) is 35.6 Å². The second-order valence-electron chi connectivity index (χ2n) is 4.43. The first-order valence-corrected chi connectivity index (χ1v) is 7.63. The fourth-order valence-electron chi connectivity index (χ4n) is 2.19. The Morgan fingerprint density at radius 3 is 2.85 bits per heavy atom. The van der Waals surface area contributed by atoms with Gasteiger partial charge in [-0.3, -0.25) is 9.25 Å². The summed E-state index contributed by atoms with van der Waals surface area (Å²) in [6.45, 7) is 0. The van der Waals surface area contributed by atoms with E-state index in [1.807, 2.05) is 40.4 Å². The number of fused-ring (bicyclic) bond motifs is 1. The fraction of sp³-hybridized carbons (Fsp3) is 0.231. The summed E-state index contributed by atoms with van der Waals surface area (Å²) >= 11 is 7.81. The molecule has 0 unspecified atom stereocenters. The largest absolute Gasteiger partial charge is 0.293 e. The summed E-state index contributed by atoms with van der Waals surface area (Å²) < 4.78 is 18.0. The van der Waals surface area contributed by atoms with Gasteiger partial charge in [-0.1, -0.05) is 0 Å². The maximum atomic E-state index is 13.8. The van der Waals surface area contributed by atoms with E-state index in [9.17, 15) is 4.39 Å². The number of alkyl halides is 1. The van der Waals surface area contributed by atoms with Crippen molar-refractivity contribution in [2.75, 3.05) is 5.88 Å². The molecule has 104 valence electrons. The molecule has 2 aromatic heterocycles. The molecule has 0 fully saturated rings. The lowest BCUT2D eigenvalue weighted by Crippen LogP contribution is -2.01. The molecule has 1 aromatic carbocycles. The molecule has 0 aliphatic carbocycles. The van der Waals surface area contributed by atoms with E-state index >= 15 is 0 Å². The Morgan fingerprint density at radius 2 is 2.20 bits per heavy atom. The normalized spacial score (nSPS) is 11.4.